The number of halogens is 2. The number of alkyl carbamates (subject to hydrolysis) is 1. The summed E-state index contributed by atoms with van der Waals surface area (Å²) >= 11 is 0. The lowest BCUT2D eigenvalue weighted by atomic mass is 9.70. The normalized spacial score (nSPS) is 34.3. The highest BCUT2D eigenvalue weighted by atomic mass is 19.3. The number of hydrogen-bond donors (Lipinski definition) is 1. The van der Waals surface area contributed by atoms with Crippen LogP contribution >= 0.6 is 0 Å². The summed E-state index contributed by atoms with van der Waals surface area (Å²) < 4.78 is 50.2. The lowest BCUT2D eigenvalue weighted by molar-refractivity contribution is -0.140. The van der Waals surface area contributed by atoms with Gasteiger partial charge in [-0.2, -0.15) is 8.78 Å². The van der Waals surface area contributed by atoms with Crippen molar-refractivity contribution in [2.45, 2.75) is 121 Å². The first-order chi connectivity index (χ1) is 23.5. The Hall–Kier alpha value is -3.57. The molecule has 5 aliphatic rings. The molecule has 0 radical (unpaired) electrons. The quantitative estimate of drug-likeness (QED) is 0.360. The summed E-state index contributed by atoms with van der Waals surface area (Å²) in [5, 5.41) is 3.00. The smallest absolute Gasteiger partial charge is 0.408 e. The van der Waals surface area contributed by atoms with E-state index >= 15 is 8.78 Å². The molecule has 266 valence electrons. The molecule has 49 heavy (non-hydrogen) atoms. The van der Waals surface area contributed by atoms with Crippen LogP contribution in [-0.4, -0.2) is 71.1 Å². The molecular weight excluding hydrogens is 634 g/mol. The molecule has 12 heteroatoms. The van der Waals surface area contributed by atoms with Gasteiger partial charge in [0.2, 0.25) is 11.8 Å². The Morgan fingerprint density at radius 1 is 1.00 bits per heavy atom. The lowest BCUT2D eigenvalue weighted by Gasteiger charge is -2.42. The average molecular weight is 683 g/mol. The minimum absolute atomic E-state index is 0.0268. The van der Waals surface area contributed by atoms with E-state index in [-0.39, 0.29) is 42.3 Å². The number of nitrogens with zero attached hydrogens (tertiary/aromatic N) is 3. The van der Waals surface area contributed by atoms with Crippen LogP contribution in [-0.2, 0) is 20.2 Å². The van der Waals surface area contributed by atoms with Gasteiger partial charge in [-0.15, -0.1) is 0 Å². The number of alkyl halides is 2. The van der Waals surface area contributed by atoms with Gasteiger partial charge >= 0.3 is 6.09 Å². The van der Waals surface area contributed by atoms with Gasteiger partial charge in [-0.05, 0) is 80.2 Å². The molecule has 2 bridgehead atoms. The van der Waals surface area contributed by atoms with Crippen molar-refractivity contribution in [1.82, 2.24) is 20.2 Å². The Morgan fingerprint density at radius 3 is 2.51 bits per heavy atom. The molecule has 4 fully saturated rings. The SMILES string of the molecule is CC[C@@H]1[C@@H]2CN(C(=O)[C@H](C3(C)CCCCC3)NC(=O)O[C@@H]3CC4CC4[C@H]3CCCCC(F)(F)c3nc4ccc(OC)cc4nc3O2)[C@@H]1C=O. The molecular formula is C37H48F2N4O6. The highest BCUT2D eigenvalue weighted by Crippen LogP contribution is 2.58. The highest BCUT2D eigenvalue weighted by molar-refractivity contribution is 5.89. The number of carbonyl (C=O) groups is 3. The molecule has 1 N–H and O–H groups in total. The molecule has 2 unspecified atom stereocenters. The molecule has 1 aromatic heterocycles. The maximum absolute atomic E-state index is 16.2. The Morgan fingerprint density at radius 2 is 1.78 bits per heavy atom. The summed E-state index contributed by atoms with van der Waals surface area (Å²) in [4.78, 5) is 51.4. The van der Waals surface area contributed by atoms with Crippen molar-refractivity contribution in [2.75, 3.05) is 13.7 Å². The predicted molar refractivity (Wildman–Crippen MR) is 176 cm³/mol. The Labute approximate surface area is 286 Å². The number of methoxy groups -OCH3 is 1. The van der Waals surface area contributed by atoms with Crippen LogP contribution in [0.4, 0.5) is 13.6 Å². The van der Waals surface area contributed by atoms with Crippen molar-refractivity contribution in [3.8, 4) is 11.6 Å². The molecule has 7 rings (SSSR count). The fourth-order valence-electron chi connectivity index (χ4n) is 9.38. The van der Waals surface area contributed by atoms with Gasteiger partial charge in [0.05, 0.1) is 30.7 Å². The van der Waals surface area contributed by atoms with Gasteiger partial charge in [0.25, 0.3) is 5.92 Å². The number of aldehydes is 1. The molecule has 3 aliphatic carbocycles. The second-order valence-electron chi connectivity index (χ2n) is 15.3. The van der Waals surface area contributed by atoms with Crippen LogP contribution in [0.3, 0.4) is 0 Å². The number of nitrogens with one attached hydrogen (secondary N) is 1. The van der Waals surface area contributed by atoms with Gasteiger partial charge in [-0.3, -0.25) is 4.79 Å². The fraction of sp³-hybridized carbons (Fsp3) is 0.703. The molecule has 10 nitrogen and oxygen atoms in total. The van der Waals surface area contributed by atoms with Crippen LogP contribution in [0.1, 0.15) is 96.6 Å². The second kappa shape index (κ2) is 13.3. The van der Waals surface area contributed by atoms with E-state index in [1.165, 1.54) is 12.0 Å². The predicted octanol–water partition coefficient (Wildman–Crippen LogP) is 6.58. The van der Waals surface area contributed by atoms with Crippen molar-refractivity contribution < 1.29 is 37.4 Å². The lowest BCUT2D eigenvalue weighted by Crippen LogP contribution is -2.58. The molecule has 1 saturated heterocycles. The number of carbonyl (C=O) groups excluding carboxylic acids is 3. The van der Waals surface area contributed by atoms with Gasteiger partial charge < -0.3 is 29.2 Å². The van der Waals surface area contributed by atoms with Crippen LogP contribution in [0.15, 0.2) is 18.2 Å². The Balaban J connectivity index is 1.29. The Kier molecular flexibility index (Phi) is 9.19. The zero-order valence-electron chi connectivity index (χ0n) is 28.7. The van der Waals surface area contributed by atoms with Crippen molar-refractivity contribution >= 4 is 29.3 Å². The number of aromatic nitrogens is 2. The van der Waals surface area contributed by atoms with E-state index < -0.39 is 53.7 Å². The van der Waals surface area contributed by atoms with E-state index in [9.17, 15) is 14.4 Å². The van der Waals surface area contributed by atoms with Crippen LogP contribution in [0, 0.1) is 29.1 Å². The van der Waals surface area contributed by atoms with Crippen molar-refractivity contribution in [2.24, 2.45) is 29.1 Å². The van der Waals surface area contributed by atoms with Crippen LogP contribution in [0.2, 0.25) is 0 Å². The van der Waals surface area contributed by atoms with Gasteiger partial charge in [-0.25, -0.2) is 14.8 Å². The zero-order chi connectivity index (χ0) is 34.5. The highest BCUT2D eigenvalue weighted by Gasteiger charge is 2.55. The summed E-state index contributed by atoms with van der Waals surface area (Å²) in [5.41, 5.74) is -0.464. The Bertz CT molecular complexity index is 1580. The number of amides is 2. The number of fused-ring (bicyclic) bond motifs is 7. The first-order valence-corrected chi connectivity index (χ1v) is 18.2. The monoisotopic (exact) mass is 682 g/mol. The van der Waals surface area contributed by atoms with Crippen LogP contribution in [0.25, 0.3) is 11.0 Å². The maximum Gasteiger partial charge on any atom is 0.408 e. The molecule has 3 saturated carbocycles. The molecule has 3 heterocycles. The maximum atomic E-state index is 16.2. The minimum atomic E-state index is -3.35. The van der Waals surface area contributed by atoms with Crippen LogP contribution < -0.4 is 14.8 Å². The topological polar surface area (TPSA) is 120 Å². The van der Waals surface area contributed by atoms with E-state index in [0.717, 1.165) is 51.2 Å². The molecule has 8 atom stereocenters. The van der Waals surface area contributed by atoms with E-state index in [2.05, 4.69) is 15.3 Å². The van der Waals surface area contributed by atoms with E-state index in [4.69, 9.17) is 14.2 Å². The molecule has 0 spiro atoms. The summed E-state index contributed by atoms with van der Waals surface area (Å²) in [6.07, 6.45) is 6.67. The molecule has 2 aromatic rings. The van der Waals surface area contributed by atoms with Crippen molar-refractivity contribution in [1.29, 1.82) is 0 Å². The second-order valence-corrected chi connectivity index (χ2v) is 15.3. The average Bonchev–Trinajstić information content (AvgIpc) is 3.64. The zero-order valence-corrected chi connectivity index (χ0v) is 28.7. The first kappa shape index (κ1) is 33.9. The molecule has 1 aromatic carbocycles. The summed E-state index contributed by atoms with van der Waals surface area (Å²) in [7, 11) is 1.51. The van der Waals surface area contributed by atoms with Gasteiger partial charge in [0.15, 0.2) is 5.69 Å². The first-order valence-electron chi connectivity index (χ1n) is 18.2. The number of hydrogen-bond acceptors (Lipinski definition) is 8. The third-order valence-electron chi connectivity index (χ3n) is 12.3. The number of benzene rings is 1. The molecule has 2 amide bonds. The fourth-order valence-corrected chi connectivity index (χ4v) is 9.38. The third-order valence-corrected chi connectivity index (χ3v) is 12.3. The van der Waals surface area contributed by atoms with Gasteiger partial charge in [0, 0.05) is 18.4 Å². The number of rotatable bonds is 4. The third kappa shape index (κ3) is 6.44. The summed E-state index contributed by atoms with van der Waals surface area (Å²) in [6.45, 7) is 3.88. The largest absolute Gasteiger partial charge is 0.497 e. The van der Waals surface area contributed by atoms with Gasteiger partial charge in [0.1, 0.15) is 30.3 Å². The standard InChI is InChI=1S/C37H48F2N4O6/c1-4-23-28(20-44)43-19-30(23)48-33-31(40-26-12-11-22(47-3)18-27(26)41-33)37(38,39)15-9-6-10-24-25-16-21(25)17-29(24)49-35(46)42-32(34(43)45)36(2)13-7-5-8-14-36/h11-12,18,20-21,23-25,28-30,32H,4-10,13-17,19H2,1-3H3,(H,42,46)/t21?,23-,24+,25?,28+,29+,30-,32+/m0/s1. The summed E-state index contributed by atoms with van der Waals surface area (Å²) in [6, 6.07) is 3.08. The van der Waals surface area contributed by atoms with E-state index in [1.54, 1.807) is 18.2 Å². The van der Waals surface area contributed by atoms with Crippen LogP contribution in [0.5, 0.6) is 11.6 Å². The van der Waals surface area contributed by atoms with E-state index in [1.807, 2.05) is 13.8 Å². The summed E-state index contributed by atoms with van der Waals surface area (Å²) in [5.74, 6) is -3.02. The van der Waals surface area contributed by atoms with Gasteiger partial charge in [-0.1, -0.05) is 39.5 Å². The van der Waals surface area contributed by atoms with Crippen molar-refractivity contribution in [3.05, 3.63) is 23.9 Å². The number of ether oxygens (including phenoxy) is 3. The minimum Gasteiger partial charge on any atom is -0.497 e. The van der Waals surface area contributed by atoms with Crippen molar-refractivity contribution in [3.63, 3.8) is 0 Å². The molecule has 2 aliphatic heterocycles. The van der Waals surface area contributed by atoms with E-state index in [0.29, 0.717) is 42.4 Å².